The molecule has 0 fully saturated rings. The molecular formula is C12H9Cl2N3O. The van der Waals surface area contributed by atoms with Crippen LogP contribution in [-0.2, 0) is 0 Å². The van der Waals surface area contributed by atoms with E-state index < -0.39 is 0 Å². The van der Waals surface area contributed by atoms with E-state index in [-0.39, 0.29) is 5.84 Å². The lowest BCUT2D eigenvalue weighted by Crippen LogP contribution is -2.12. The molecule has 1 heterocycles. The number of nitrogens with zero attached hydrogens (tertiary/aromatic N) is 1. The molecule has 0 amide bonds. The summed E-state index contributed by atoms with van der Waals surface area (Å²) in [5.41, 5.74) is 5.91. The first-order valence-electron chi connectivity index (χ1n) is 4.99. The predicted molar refractivity (Wildman–Crippen MR) is 71.8 cm³/mol. The molecule has 6 heteroatoms. The maximum atomic E-state index is 7.45. The van der Waals surface area contributed by atoms with Crippen LogP contribution in [0.4, 0.5) is 0 Å². The summed E-state index contributed by atoms with van der Waals surface area (Å²) in [6.45, 7) is 0. The topological polar surface area (TPSA) is 72.0 Å². The van der Waals surface area contributed by atoms with Crippen LogP contribution in [0.3, 0.4) is 0 Å². The molecule has 0 unspecified atom stereocenters. The Hall–Kier alpha value is -1.78. The van der Waals surface area contributed by atoms with Gasteiger partial charge in [-0.2, -0.15) is 0 Å². The van der Waals surface area contributed by atoms with Crippen molar-refractivity contribution in [1.82, 2.24) is 4.98 Å². The Morgan fingerprint density at radius 2 is 2.00 bits per heavy atom. The van der Waals surface area contributed by atoms with Gasteiger partial charge in [0.2, 0.25) is 0 Å². The summed E-state index contributed by atoms with van der Waals surface area (Å²) < 4.78 is 5.58. The molecule has 2 rings (SSSR count). The fourth-order valence-corrected chi connectivity index (χ4v) is 1.81. The van der Waals surface area contributed by atoms with Crippen LogP contribution in [0.1, 0.15) is 5.56 Å². The Labute approximate surface area is 114 Å². The second-order valence-corrected chi connectivity index (χ2v) is 4.31. The average Bonchev–Trinajstić information content (AvgIpc) is 2.33. The number of aromatic nitrogens is 1. The average molecular weight is 282 g/mol. The lowest BCUT2D eigenvalue weighted by molar-refractivity contribution is 0.479. The molecule has 4 nitrogen and oxygen atoms in total. The number of halogens is 2. The number of hydrogen-bond acceptors (Lipinski definition) is 3. The van der Waals surface area contributed by atoms with Crippen molar-refractivity contribution in [3.63, 3.8) is 0 Å². The van der Waals surface area contributed by atoms with Crippen LogP contribution < -0.4 is 10.5 Å². The van der Waals surface area contributed by atoms with Gasteiger partial charge in [0.15, 0.2) is 5.75 Å². The summed E-state index contributed by atoms with van der Waals surface area (Å²) in [6.07, 6.45) is 3.01. The molecule has 0 atom stereocenters. The van der Waals surface area contributed by atoms with Crippen LogP contribution in [-0.4, -0.2) is 10.8 Å². The molecule has 18 heavy (non-hydrogen) atoms. The third kappa shape index (κ3) is 2.72. The SMILES string of the molecule is N=C(N)c1ccncc1Oc1ccc(Cl)cc1Cl. The zero-order chi connectivity index (χ0) is 13.1. The normalized spacial score (nSPS) is 10.1. The van der Waals surface area contributed by atoms with Crippen molar-refractivity contribution in [2.75, 3.05) is 0 Å². The summed E-state index contributed by atoms with van der Waals surface area (Å²) >= 11 is 11.8. The molecule has 0 saturated heterocycles. The van der Waals surface area contributed by atoms with Gasteiger partial charge in [-0.3, -0.25) is 10.4 Å². The van der Waals surface area contributed by atoms with Crippen LogP contribution >= 0.6 is 23.2 Å². The molecule has 0 bridgehead atoms. The molecule has 3 N–H and O–H groups in total. The van der Waals surface area contributed by atoms with Crippen molar-refractivity contribution < 1.29 is 4.74 Å². The van der Waals surface area contributed by atoms with Crippen molar-refractivity contribution in [2.24, 2.45) is 5.73 Å². The van der Waals surface area contributed by atoms with Crippen molar-refractivity contribution >= 4 is 29.0 Å². The van der Waals surface area contributed by atoms with Gasteiger partial charge < -0.3 is 10.5 Å². The zero-order valence-corrected chi connectivity index (χ0v) is 10.7. The number of benzene rings is 1. The van der Waals surface area contributed by atoms with Crippen LogP contribution in [0, 0.1) is 5.41 Å². The third-order valence-electron chi connectivity index (χ3n) is 2.19. The maximum absolute atomic E-state index is 7.45. The lowest BCUT2D eigenvalue weighted by atomic mass is 10.2. The number of nitrogens with two attached hydrogens (primary N) is 1. The minimum absolute atomic E-state index is 0.0996. The number of nitrogens with one attached hydrogen (secondary N) is 1. The van der Waals surface area contributed by atoms with E-state index in [0.717, 1.165) is 0 Å². The van der Waals surface area contributed by atoms with E-state index in [1.165, 1.54) is 12.4 Å². The Morgan fingerprint density at radius 1 is 1.22 bits per heavy atom. The van der Waals surface area contributed by atoms with Crippen LogP contribution in [0.5, 0.6) is 11.5 Å². The fourth-order valence-electron chi connectivity index (χ4n) is 1.36. The quantitative estimate of drug-likeness (QED) is 0.668. The van der Waals surface area contributed by atoms with Gasteiger partial charge in [0.25, 0.3) is 0 Å². The van der Waals surface area contributed by atoms with Gasteiger partial charge in [0.05, 0.1) is 16.8 Å². The second-order valence-electron chi connectivity index (χ2n) is 3.46. The minimum Gasteiger partial charge on any atom is -0.453 e. The van der Waals surface area contributed by atoms with Gasteiger partial charge in [0, 0.05) is 11.2 Å². The van der Waals surface area contributed by atoms with E-state index in [1.54, 1.807) is 24.3 Å². The Kier molecular flexibility index (Phi) is 3.69. The van der Waals surface area contributed by atoms with Crippen LogP contribution in [0.25, 0.3) is 0 Å². The summed E-state index contributed by atoms with van der Waals surface area (Å²) in [6, 6.07) is 6.47. The maximum Gasteiger partial charge on any atom is 0.156 e. The Balaban J connectivity index is 2.37. The molecule has 0 spiro atoms. The Morgan fingerprint density at radius 3 is 2.67 bits per heavy atom. The number of rotatable bonds is 3. The molecule has 0 aliphatic rings. The highest BCUT2D eigenvalue weighted by atomic mass is 35.5. The molecular weight excluding hydrogens is 273 g/mol. The van der Waals surface area contributed by atoms with E-state index in [2.05, 4.69) is 4.98 Å². The number of hydrogen-bond donors (Lipinski definition) is 2. The molecule has 92 valence electrons. The van der Waals surface area contributed by atoms with E-state index in [9.17, 15) is 0 Å². The number of pyridine rings is 1. The van der Waals surface area contributed by atoms with Gasteiger partial charge >= 0.3 is 0 Å². The number of amidine groups is 1. The fraction of sp³-hybridized carbons (Fsp3) is 0. The van der Waals surface area contributed by atoms with Crippen LogP contribution in [0.2, 0.25) is 10.0 Å². The van der Waals surface area contributed by atoms with Crippen molar-refractivity contribution in [2.45, 2.75) is 0 Å². The smallest absolute Gasteiger partial charge is 0.156 e. The van der Waals surface area contributed by atoms with Gasteiger partial charge in [0.1, 0.15) is 11.6 Å². The van der Waals surface area contributed by atoms with E-state index in [1.807, 2.05) is 0 Å². The summed E-state index contributed by atoms with van der Waals surface area (Å²) in [5, 5.41) is 8.34. The van der Waals surface area contributed by atoms with Gasteiger partial charge in [-0.1, -0.05) is 23.2 Å². The van der Waals surface area contributed by atoms with E-state index >= 15 is 0 Å². The van der Waals surface area contributed by atoms with Crippen LogP contribution in [0.15, 0.2) is 36.7 Å². The Bertz CT molecular complexity index is 602. The first kappa shape index (κ1) is 12.7. The van der Waals surface area contributed by atoms with E-state index in [4.69, 9.17) is 39.1 Å². The highest BCUT2D eigenvalue weighted by Crippen LogP contribution is 2.32. The van der Waals surface area contributed by atoms with Gasteiger partial charge in [-0.25, -0.2) is 0 Å². The van der Waals surface area contributed by atoms with E-state index in [0.29, 0.717) is 27.1 Å². The zero-order valence-electron chi connectivity index (χ0n) is 9.15. The van der Waals surface area contributed by atoms with Gasteiger partial charge in [-0.15, -0.1) is 0 Å². The first-order chi connectivity index (χ1) is 8.58. The molecule has 0 aliphatic heterocycles. The largest absolute Gasteiger partial charge is 0.453 e. The standard InChI is InChI=1S/C12H9Cl2N3O/c13-7-1-2-10(9(14)5-7)18-11-6-17-4-3-8(11)12(15)16/h1-6H,(H3,15,16). The molecule has 0 saturated carbocycles. The highest BCUT2D eigenvalue weighted by molar-refractivity contribution is 6.35. The lowest BCUT2D eigenvalue weighted by Gasteiger charge is -2.10. The number of nitrogen functional groups attached to an aromatic ring is 1. The minimum atomic E-state index is -0.0996. The predicted octanol–water partition coefficient (Wildman–Crippen LogP) is 3.46. The molecule has 0 aliphatic carbocycles. The van der Waals surface area contributed by atoms with Crippen molar-refractivity contribution in [3.05, 3.63) is 52.3 Å². The molecule has 2 aromatic rings. The molecule has 1 aromatic heterocycles. The number of ether oxygens (including phenoxy) is 1. The van der Waals surface area contributed by atoms with Gasteiger partial charge in [-0.05, 0) is 24.3 Å². The first-order valence-corrected chi connectivity index (χ1v) is 5.75. The highest BCUT2D eigenvalue weighted by Gasteiger charge is 2.10. The monoisotopic (exact) mass is 281 g/mol. The van der Waals surface area contributed by atoms with Crippen molar-refractivity contribution in [1.29, 1.82) is 5.41 Å². The molecule has 1 aromatic carbocycles. The summed E-state index contributed by atoms with van der Waals surface area (Å²) in [5.74, 6) is 0.697. The summed E-state index contributed by atoms with van der Waals surface area (Å²) in [7, 11) is 0. The van der Waals surface area contributed by atoms with Crippen molar-refractivity contribution in [3.8, 4) is 11.5 Å². The second kappa shape index (κ2) is 5.25. The molecule has 0 radical (unpaired) electrons. The summed E-state index contributed by atoms with van der Waals surface area (Å²) in [4.78, 5) is 3.92. The third-order valence-corrected chi connectivity index (χ3v) is 2.72.